The summed E-state index contributed by atoms with van der Waals surface area (Å²) in [5, 5.41) is 5.52. The van der Waals surface area contributed by atoms with Crippen LogP contribution in [0.4, 0.5) is 5.69 Å². The van der Waals surface area contributed by atoms with Crippen LogP contribution in [-0.4, -0.2) is 31.4 Å². The molecule has 2 amide bonds. The summed E-state index contributed by atoms with van der Waals surface area (Å²) in [4.78, 5) is 36.7. The first-order valence-electron chi connectivity index (χ1n) is 9.16. The van der Waals surface area contributed by atoms with Crippen LogP contribution in [0.25, 0.3) is 0 Å². The third-order valence-corrected chi connectivity index (χ3v) is 4.45. The van der Waals surface area contributed by atoms with E-state index >= 15 is 0 Å². The number of esters is 1. The predicted molar refractivity (Wildman–Crippen MR) is 108 cm³/mol. The summed E-state index contributed by atoms with van der Waals surface area (Å²) in [5.74, 6) is -1.29. The van der Waals surface area contributed by atoms with Crippen LogP contribution in [0.5, 0.6) is 0 Å². The molecule has 0 fully saturated rings. The first-order valence-corrected chi connectivity index (χ1v) is 9.16. The van der Waals surface area contributed by atoms with Crippen LogP contribution >= 0.6 is 0 Å². The minimum Gasteiger partial charge on any atom is -0.465 e. The van der Waals surface area contributed by atoms with E-state index in [1.807, 2.05) is 30.3 Å². The smallest absolute Gasteiger partial charge is 0.337 e. The van der Waals surface area contributed by atoms with Gasteiger partial charge in [0.1, 0.15) is 5.41 Å². The average Bonchev–Trinajstić information content (AvgIpc) is 2.71. The van der Waals surface area contributed by atoms with Crippen molar-refractivity contribution in [2.45, 2.75) is 26.7 Å². The molecule has 0 atom stereocenters. The Morgan fingerprint density at radius 1 is 0.964 bits per heavy atom. The molecule has 0 saturated heterocycles. The Labute approximate surface area is 165 Å². The van der Waals surface area contributed by atoms with E-state index in [1.165, 1.54) is 18.7 Å². The van der Waals surface area contributed by atoms with Gasteiger partial charge in [-0.3, -0.25) is 9.59 Å². The van der Waals surface area contributed by atoms with Crippen molar-refractivity contribution in [2.24, 2.45) is 5.41 Å². The lowest BCUT2D eigenvalue weighted by Gasteiger charge is -2.23. The maximum absolute atomic E-state index is 12.6. The van der Waals surface area contributed by atoms with Crippen LogP contribution in [0.3, 0.4) is 0 Å². The number of hydrogen-bond acceptors (Lipinski definition) is 4. The van der Waals surface area contributed by atoms with Crippen LogP contribution < -0.4 is 10.6 Å². The second-order valence-electron chi connectivity index (χ2n) is 7.00. The van der Waals surface area contributed by atoms with Gasteiger partial charge in [-0.25, -0.2) is 4.79 Å². The summed E-state index contributed by atoms with van der Waals surface area (Å²) in [5.41, 5.74) is 0.703. The fourth-order valence-corrected chi connectivity index (χ4v) is 2.59. The van der Waals surface area contributed by atoms with Crippen molar-refractivity contribution < 1.29 is 19.1 Å². The van der Waals surface area contributed by atoms with Crippen molar-refractivity contribution in [1.29, 1.82) is 0 Å². The summed E-state index contributed by atoms with van der Waals surface area (Å²) in [6.45, 7) is 3.63. The molecule has 2 rings (SSSR count). The normalized spacial score (nSPS) is 10.8. The molecule has 2 aromatic carbocycles. The number of rotatable bonds is 8. The van der Waals surface area contributed by atoms with E-state index in [4.69, 9.17) is 0 Å². The van der Waals surface area contributed by atoms with E-state index in [0.717, 1.165) is 12.8 Å². The van der Waals surface area contributed by atoms with E-state index < -0.39 is 17.3 Å². The zero-order chi connectivity index (χ0) is 20.6. The summed E-state index contributed by atoms with van der Waals surface area (Å²) in [7, 11) is 1.29. The molecule has 6 heteroatoms. The van der Waals surface area contributed by atoms with E-state index in [2.05, 4.69) is 15.4 Å². The zero-order valence-corrected chi connectivity index (χ0v) is 16.5. The topological polar surface area (TPSA) is 84.5 Å². The van der Waals surface area contributed by atoms with Crippen molar-refractivity contribution >= 4 is 23.5 Å². The molecule has 0 unspecified atom stereocenters. The Balaban J connectivity index is 1.88. The van der Waals surface area contributed by atoms with Gasteiger partial charge in [0.15, 0.2) is 0 Å². The minimum atomic E-state index is -1.26. The highest BCUT2D eigenvalue weighted by atomic mass is 16.5. The van der Waals surface area contributed by atoms with Gasteiger partial charge in [0.2, 0.25) is 11.8 Å². The van der Waals surface area contributed by atoms with Gasteiger partial charge in [0.05, 0.1) is 12.7 Å². The average molecular weight is 382 g/mol. The zero-order valence-electron chi connectivity index (χ0n) is 16.5. The van der Waals surface area contributed by atoms with Gasteiger partial charge >= 0.3 is 5.97 Å². The molecule has 2 N–H and O–H groups in total. The van der Waals surface area contributed by atoms with E-state index in [1.54, 1.807) is 32.0 Å². The molecule has 0 aromatic heterocycles. The number of carbonyl (C=O) groups excluding carboxylic acids is 3. The van der Waals surface area contributed by atoms with E-state index in [0.29, 0.717) is 17.8 Å². The summed E-state index contributed by atoms with van der Waals surface area (Å²) < 4.78 is 4.67. The van der Waals surface area contributed by atoms with Crippen LogP contribution in [0.2, 0.25) is 0 Å². The number of ether oxygens (including phenoxy) is 1. The first-order chi connectivity index (χ1) is 13.3. The number of methoxy groups -OCH3 is 1. The Hall–Kier alpha value is -3.15. The molecule has 0 bridgehead atoms. The fourth-order valence-electron chi connectivity index (χ4n) is 2.59. The molecule has 148 valence electrons. The van der Waals surface area contributed by atoms with E-state index in [9.17, 15) is 14.4 Å². The van der Waals surface area contributed by atoms with Crippen LogP contribution in [0.1, 0.15) is 36.2 Å². The number of hydrogen-bond donors (Lipinski definition) is 2. The first kappa shape index (κ1) is 21.2. The van der Waals surface area contributed by atoms with Crippen molar-refractivity contribution in [3.05, 3.63) is 65.7 Å². The lowest BCUT2D eigenvalue weighted by atomic mass is 9.90. The Bertz CT molecular complexity index is 831. The lowest BCUT2D eigenvalue weighted by molar-refractivity contribution is -0.138. The van der Waals surface area contributed by atoms with Gasteiger partial charge in [-0.1, -0.05) is 36.4 Å². The molecule has 0 radical (unpaired) electrons. The molecule has 0 heterocycles. The Morgan fingerprint density at radius 3 is 2.36 bits per heavy atom. The van der Waals surface area contributed by atoms with Crippen molar-refractivity contribution in [1.82, 2.24) is 5.32 Å². The molecule has 2 aromatic rings. The number of anilines is 1. The number of aryl methyl sites for hydroxylation is 1. The van der Waals surface area contributed by atoms with Crippen LogP contribution in [0.15, 0.2) is 54.6 Å². The Kier molecular flexibility index (Phi) is 7.32. The molecular weight excluding hydrogens is 356 g/mol. The second kappa shape index (κ2) is 9.69. The van der Waals surface area contributed by atoms with Gasteiger partial charge < -0.3 is 15.4 Å². The molecule has 6 nitrogen and oxygen atoms in total. The molecule has 0 aliphatic carbocycles. The standard InChI is InChI=1S/C22H26N2O4/c1-22(2,20(26)23-14-8-11-16-9-5-4-6-10-16)21(27)24-18-13-7-12-17(15-18)19(25)28-3/h4-7,9-10,12-13,15H,8,11,14H2,1-3H3,(H,23,26)(H,24,27). The molecule has 0 aliphatic heterocycles. The highest BCUT2D eigenvalue weighted by Crippen LogP contribution is 2.20. The van der Waals surface area contributed by atoms with Gasteiger partial charge in [-0.2, -0.15) is 0 Å². The molecule has 28 heavy (non-hydrogen) atoms. The number of benzene rings is 2. The largest absolute Gasteiger partial charge is 0.465 e. The monoisotopic (exact) mass is 382 g/mol. The van der Waals surface area contributed by atoms with Crippen LogP contribution in [-0.2, 0) is 20.7 Å². The van der Waals surface area contributed by atoms with Gasteiger partial charge in [0, 0.05) is 12.2 Å². The number of nitrogens with one attached hydrogen (secondary N) is 2. The Morgan fingerprint density at radius 2 is 1.68 bits per heavy atom. The van der Waals surface area contributed by atoms with Crippen LogP contribution in [0, 0.1) is 5.41 Å². The third-order valence-electron chi connectivity index (χ3n) is 4.45. The van der Waals surface area contributed by atoms with Crippen molar-refractivity contribution in [3.8, 4) is 0 Å². The number of amides is 2. The van der Waals surface area contributed by atoms with Gasteiger partial charge in [-0.15, -0.1) is 0 Å². The van der Waals surface area contributed by atoms with Gasteiger partial charge in [-0.05, 0) is 50.5 Å². The van der Waals surface area contributed by atoms with Crippen molar-refractivity contribution in [3.63, 3.8) is 0 Å². The fraction of sp³-hybridized carbons (Fsp3) is 0.318. The summed E-state index contributed by atoms with van der Waals surface area (Å²) in [6.07, 6.45) is 1.64. The van der Waals surface area contributed by atoms with Gasteiger partial charge in [0.25, 0.3) is 0 Å². The highest BCUT2D eigenvalue weighted by molar-refractivity contribution is 6.10. The third kappa shape index (κ3) is 5.67. The van der Waals surface area contributed by atoms with E-state index in [-0.39, 0.29) is 5.91 Å². The quantitative estimate of drug-likeness (QED) is 0.417. The maximum Gasteiger partial charge on any atom is 0.337 e. The summed E-state index contributed by atoms with van der Waals surface area (Å²) in [6, 6.07) is 16.4. The van der Waals surface area contributed by atoms with Crippen molar-refractivity contribution in [2.75, 3.05) is 19.0 Å². The minimum absolute atomic E-state index is 0.323. The maximum atomic E-state index is 12.6. The highest BCUT2D eigenvalue weighted by Gasteiger charge is 2.35. The summed E-state index contributed by atoms with van der Waals surface area (Å²) >= 11 is 0. The molecule has 0 aliphatic rings. The second-order valence-corrected chi connectivity index (χ2v) is 7.00. The molecule has 0 saturated carbocycles. The number of carbonyl (C=O) groups is 3. The SMILES string of the molecule is COC(=O)c1cccc(NC(=O)C(C)(C)C(=O)NCCCc2ccccc2)c1. The molecular formula is C22H26N2O4. The lowest BCUT2D eigenvalue weighted by Crippen LogP contribution is -2.45. The molecule has 0 spiro atoms. The predicted octanol–water partition coefficient (Wildman–Crippen LogP) is 3.19.